The molecule has 0 spiro atoms. The molecule has 160 valence electrons. The van der Waals surface area contributed by atoms with E-state index >= 15 is 0 Å². The molecule has 3 aromatic rings. The summed E-state index contributed by atoms with van der Waals surface area (Å²) in [5.74, 6) is -0.355. The van der Waals surface area contributed by atoms with Gasteiger partial charge in [0.05, 0.1) is 9.82 Å². The summed E-state index contributed by atoms with van der Waals surface area (Å²) in [7, 11) is -3.75. The lowest BCUT2D eigenvalue weighted by atomic mass is 10.2. The minimum absolute atomic E-state index is 0.00150. The average molecular weight is 440 g/mol. The van der Waals surface area contributed by atoms with Crippen molar-refractivity contribution in [2.75, 3.05) is 23.1 Å². The summed E-state index contributed by atoms with van der Waals surface area (Å²) in [5, 5.41) is 16.4. The van der Waals surface area contributed by atoms with Crippen LogP contribution in [-0.4, -0.2) is 32.3 Å². The fraction of sp³-hybridized carbons (Fsp3) is 0.0952. The summed E-state index contributed by atoms with van der Waals surface area (Å²) in [6.45, 7) is 0.708. The predicted molar refractivity (Wildman–Crippen MR) is 118 cm³/mol. The molecule has 0 aliphatic rings. The second kappa shape index (κ2) is 9.72. The molecule has 1 amide bonds. The van der Waals surface area contributed by atoms with Crippen LogP contribution < -0.4 is 15.4 Å². The zero-order valence-corrected chi connectivity index (χ0v) is 17.1. The molecule has 3 N–H and O–H groups in total. The Kier molecular flexibility index (Phi) is 6.83. The van der Waals surface area contributed by atoms with Crippen molar-refractivity contribution in [3.63, 3.8) is 0 Å². The van der Waals surface area contributed by atoms with Gasteiger partial charge in [0.25, 0.3) is 21.6 Å². The number of nitro benzene ring substituents is 1. The zero-order valence-electron chi connectivity index (χ0n) is 16.3. The van der Waals surface area contributed by atoms with Gasteiger partial charge in [-0.2, -0.15) is 0 Å². The van der Waals surface area contributed by atoms with Gasteiger partial charge < -0.3 is 10.6 Å². The monoisotopic (exact) mass is 440 g/mol. The van der Waals surface area contributed by atoms with Crippen LogP contribution in [0.25, 0.3) is 0 Å². The van der Waals surface area contributed by atoms with Crippen molar-refractivity contribution in [1.82, 2.24) is 5.32 Å². The van der Waals surface area contributed by atoms with Crippen LogP contribution in [-0.2, 0) is 10.0 Å². The van der Waals surface area contributed by atoms with E-state index < -0.39 is 14.9 Å². The lowest BCUT2D eigenvalue weighted by Crippen LogP contribution is -2.28. The standard InChI is InChI=1S/C21H20N4O5S/c26-21(23-14-13-22-17-9-11-19(12-10-17)25(27)28)16-5-4-6-18(15-16)24-31(29,30)20-7-2-1-3-8-20/h1-12,15,22,24H,13-14H2,(H,23,26). The van der Waals surface area contributed by atoms with Crippen molar-refractivity contribution < 1.29 is 18.1 Å². The fourth-order valence-corrected chi connectivity index (χ4v) is 3.79. The molecular formula is C21H20N4O5S. The van der Waals surface area contributed by atoms with Crippen molar-refractivity contribution in [2.45, 2.75) is 4.90 Å². The van der Waals surface area contributed by atoms with E-state index in [0.717, 1.165) is 0 Å². The largest absolute Gasteiger partial charge is 0.383 e. The number of benzene rings is 3. The molecule has 0 saturated carbocycles. The van der Waals surface area contributed by atoms with Crippen LogP contribution in [0.1, 0.15) is 10.4 Å². The van der Waals surface area contributed by atoms with Crippen LogP contribution >= 0.6 is 0 Å². The molecule has 0 atom stereocenters. The Morgan fingerprint density at radius 1 is 0.871 bits per heavy atom. The van der Waals surface area contributed by atoms with Crippen LogP contribution in [0.4, 0.5) is 17.1 Å². The summed E-state index contributed by atoms with van der Waals surface area (Å²) >= 11 is 0. The van der Waals surface area contributed by atoms with E-state index in [1.807, 2.05) is 0 Å². The smallest absolute Gasteiger partial charge is 0.269 e. The Balaban J connectivity index is 1.53. The number of anilines is 2. The van der Waals surface area contributed by atoms with E-state index in [2.05, 4.69) is 15.4 Å². The highest BCUT2D eigenvalue weighted by atomic mass is 32.2. The Labute approximate surface area is 179 Å². The summed E-state index contributed by atoms with van der Waals surface area (Å²) in [4.78, 5) is 22.7. The lowest BCUT2D eigenvalue weighted by Gasteiger charge is -2.10. The second-order valence-corrected chi connectivity index (χ2v) is 8.17. The minimum atomic E-state index is -3.75. The summed E-state index contributed by atoms with van der Waals surface area (Å²) in [6.07, 6.45) is 0. The maximum absolute atomic E-state index is 12.4. The molecule has 0 radical (unpaired) electrons. The molecule has 0 bridgehead atoms. The molecule has 0 unspecified atom stereocenters. The summed E-state index contributed by atoms with van der Waals surface area (Å²) < 4.78 is 27.3. The van der Waals surface area contributed by atoms with Gasteiger partial charge in [-0.05, 0) is 42.5 Å². The number of nitrogens with one attached hydrogen (secondary N) is 3. The van der Waals surface area contributed by atoms with Gasteiger partial charge in [-0.15, -0.1) is 0 Å². The van der Waals surface area contributed by atoms with E-state index in [9.17, 15) is 23.3 Å². The first-order valence-electron chi connectivity index (χ1n) is 9.29. The normalized spacial score (nSPS) is 10.8. The van der Waals surface area contributed by atoms with Gasteiger partial charge in [-0.3, -0.25) is 19.6 Å². The average Bonchev–Trinajstić information content (AvgIpc) is 2.77. The van der Waals surface area contributed by atoms with Crippen LogP contribution in [0.2, 0.25) is 0 Å². The van der Waals surface area contributed by atoms with Crippen LogP contribution in [0.5, 0.6) is 0 Å². The van der Waals surface area contributed by atoms with Crippen molar-refractivity contribution in [3.8, 4) is 0 Å². The Bertz CT molecular complexity index is 1170. The van der Waals surface area contributed by atoms with Gasteiger partial charge in [-0.1, -0.05) is 24.3 Å². The van der Waals surface area contributed by atoms with E-state index in [1.165, 1.54) is 30.3 Å². The molecule has 0 aliphatic carbocycles. The van der Waals surface area contributed by atoms with E-state index in [0.29, 0.717) is 24.3 Å². The first kappa shape index (κ1) is 21.8. The first-order chi connectivity index (χ1) is 14.8. The van der Waals surface area contributed by atoms with E-state index in [4.69, 9.17) is 0 Å². The topological polar surface area (TPSA) is 130 Å². The highest BCUT2D eigenvalue weighted by Gasteiger charge is 2.14. The SMILES string of the molecule is O=C(NCCNc1ccc([N+](=O)[O-])cc1)c1cccc(NS(=O)(=O)c2ccccc2)c1. The number of carbonyl (C=O) groups excluding carboxylic acids is 1. The highest BCUT2D eigenvalue weighted by Crippen LogP contribution is 2.17. The molecule has 3 rings (SSSR count). The number of amides is 1. The van der Waals surface area contributed by atoms with E-state index in [1.54, 1.807) is 48.5 Å². The number of hydrogen-bond donors (Lipinski definition) is 3. The minimum Gasteiger partial charge on any atom is -0.383 e. The number of nitrogens with zero attached hydrogens (tertiary/aromatic N) is 1. The Hall–Kier alpha value is -3.92. The number of non-ortho nitro benzene ring substituents is 1. The van der Waals surface area contributed by atoms with Gasteiger partial charge in [-0.25, -0.2) is 8.42 Å². The molecule has 3 aromatic carbocycles. The van der Waals surface area contributed by atoms with Crippen molar-refractivity contribution >= 4 is 33.0 Å². The molecule has 0 aromatic heterocycles. The summed E-state index contributed by atoms with van der Waals surface area (Å²) in [6, 6.07) is 20.1. The lowest BCUT2D eigenvalue weighted by molar-refractivity contribution is -0.384. The molecule has 9 nitrogen and oxygen atoms in total. The van der Waals surface area contributed by atoms with Crippen LogP contribution in [0.15, 0.2) is 83.8 Å². The van der Waals surface area contributed by atoms with Crippen molar-refractivity contribution in [3.05, 3.63) is 94.5 Å². The third-order valence-corrected chi connectivity index (χ3v) is 5.65. The van der Waals surface area contributed by atoms with Gasteiger partial charge in [0.2, 0.25) is 0 Å². The molecule has 31 heavy (non-hydrogen) atoms. The predicted octanol–water partition coefficient (Wildman–Crippen LogP) is 3.24. The number of rotatable bonds is 9. The van der Waals surface area contributed by atoms with Crippen LogP contribution in [0, 0.1) is 10.1 Å². The maximum Gasteiger partial charge on any atom is 0.269 e. The Morgan fingerprint density at radius 3 is 2.26 bits per heavy atom. The molecule has 0 fully saturated rings. The number of carbonyl (C=O) groups is 1. The highest BCUT2D eigenvalue weighted by molar-refractivity contribution is 7.92. The molecule has 0 saturated heterocycles. The molecular weight excluding hydrogens is 420 g/mol. The number of hydrogen-bond acceptors (Lipinski definition) is 6. The van der Waals surface area contributed by atoms with Gasteiger partial charge in [0.15, 0.2) is 0 Å². The summed E-state index contributed by atoms with van der Waals surface area (Å²) in [5.41, 5.74) is 1.28. The maximum atomic E-state index is 12.4. The van der Waals surface area contributed by atoms with Gasteiger partial charge in [0.1, 0.15) is 0 Å². The van der Waals surface area contributed by atoms with Crippen molar-refractivity contribution in [2.24, 2.45) is 0 Å². The third kappa shape index (κ3) is 6.03. The quantitative estimate of drug-likeness (QED) is 0.266. The zero-order chi connectivity index (χ0) is 22.3. The Morgan fingerprint density at radius 2 is 1.58 bits per heavy atom. The van der Waals surface area contributed by atoms with Gasteiger partial charge >= 0.3 is 0 Å². The molecule has 0 heterocycles. The number of nitro groups is 1. The van der Waals surface area contributed by atoms with Crippen LogP contribution in [0.3, 0.4) is 0 Å². The van der Waals surface area contributed by atoms with E-state index in [-0.39, 0.29) is 22.2 Å². The third-order valence-electron chi connectivity index (χ3n) is 4.25. The molecule has 10 heteroatoms. The second-order valence-electron chi connectivity index (χ2n) is 6.49. The first-order valence-corrected chi connectivity index (χ1v) is 10.8. The van der Waals surface area contributed by atoms with Crippen molar-refractivity contribution in [1.29, 1.82) is 0 Å². The van der Waals surface area contributed by atoms with Gasteiger partial charge in [0, 0.05) is 42.2 Å². The number of sulfonamides is 1. The molecule has 0 aliphatic heterocycles. The fourth-order valence-electron chi connectivity index (χ4n) is 2.72.